The molecule has 114 valence electrons. The molecule has 1 heterocycles. The molecule has 1 aromatic heterocycles. The summed E-state index contributed by atoms with van der Waals surface area (Å²) in [5.41, 5.74) is 2.00. The van der Waals surface area contributed by atoms with Gasteiger partial charge in [0.2, 0.25) is 5.91 Å². The Balaban J connectivity index is 1.85. The monoisotopic (exact) mass is 332 g/mol. The van der Waals surface area contributed by atoms with Gasteiger partial charge < -0.3 is 5.32 Å². The Morgan fingerprint density at radius 1 is 1.45 bits per heavy atom. The van der Waals surface area contributed by atoms with Gasteiger partial charge in [-0.25, -0.2) is 4.98 Å². The number of thiazole rings is 1. The number of carbonyl (C=O) groups is 1. The highest BCUT2D eigenvalue weighted by Gasteiger charge is 2.29. The van der Waals surface area contributed by atoms with Crippen LogP contribution in [0.3, 0.4) is 0 Å². The van der Waals surface area contributed by atoms with Crippen LogP contribution in [0.2, 0.25) is 5.02 Å². The first-order valence-electron chi connectivity index (χ1n) is 7.32. The van der Waals surface area contributed by atoms with Gasteiger partial charge in [0, 0.05) is 16.9 Å². The summed E-state index contributed by atoms with van der Waals surface area (Å²) in [7, 11) is 1.68. The number of rotatable bonds is 3. The molecule has 5 heteroatoms. The predicted molar refractivity (Wildman–Crippen MR) is 92.2 cm³/mol. The zero-order valence-electron chi connectivity index (χ0n) is 12.3. The van der Waals surface area contributed by atoms with Crippen molar-refractivity contribution >= 4 is 41.0 Å². The number of hydrogen-bond donors (Lipinski definition) is 1. The minimum Gasteiger partial charge on any atom is -0.359 e. The number of hydrogen-bond acceptors (Lipinski definition) is 3. The Morgan fingerprint density at radius 3 is 3.09 bits per heavy atom. The average molecular weight is 333 g/mol. The summed E-state index contributed by atoms with van der Waals surface area (Å²) in [6.07, 6.45) is 6.95. The molecular weight excluding hydrogens is 316 g/mol. The molecule has 2 aromatic rings. The number of carbonyl (C=O) groups excluding carboxylic acids is 1. The van der Waals surface area contributed by atoms with Crippen molar-refractivity contribution in [3.63, 3.8) is 0 Å². The third-order valence-corrected chi connectivity index (χ3v) is 5.13. The smallest absolute Gasteiger partial charge is 0.228 e. The van der Waals surface area contributed by atoms with Crippen LogP contribution in [0.4, 0.5) is 0 Å². The van der Waals surface area contributed by atoms with E-state index in [0.717, 1.165) is 40.6 Å². The molecule has 0 saturated carbocycles. The van der Waals surface area contributed by atoms with Crippen molar-refractivity contribution in [3.05, 3.63) is 50.4 Å². The fraction of sp³-hybridized carbons (Fsp3) is 0.294. The molecule has 1 N–H and O–H groups in total. The predicted octanol–water partition coefficient (Wildman–Crippen LogP) is 4.13. The second-order valence-corrected chi connectivity index (χ2v) is 6.86. The number of nitrogens with zero attached hydrogens (tertiary/aromatic N) is 1. The van der Waals surface area contributed by atoms with Crippen molar-refractivity contribution in [3.8, 4) is 0 Å². The van der Waals surface area contributed by atoms with Crippen LogP contribution in [0, 0.1) is 0 Å². The van der Waals surface area contributed by atoms with E-state index in [-0.39, 0.29) is 11.8 Å². The summed E-state index contributed by atoms with van der Waals surface area (Å²) in [4.78, 5) is 17.9. The highest BCUT2D eigenvalue weighted by Crippen LogP contribution is 2.35. The van der Waals surface area contributed by atoms with E-state index in [1.165, 1.54) is 4.88 Å². The van der Waals surface area contributed by atoms with Crippen LogP contribution in [-0.4, -0.2) is 17.9 Å². The van der Waals surface area contributed by atoms with E-state index >= 15 is 0 Å². The van der Waals surface area contributed by atoms with Crippen molar-refractivity contribution in [1.82, 2.24) is 10.3 Å². The van der Waals surface area contributed by atoms with Crippen molar-refractivity contribution in [1.29, 1.82) is 0 Å². The van der Waals surface area contributed by atoms with E-state index in [1.807, 2.05) is 36.4 Å². The maximum Gasteiger partial charge on any atom is 0.228 e. The van der Waals surface area contributed by atoms with E-state index in [0.29, 0.717) is 0 Å². The molecule has 0 aliphatic heterocycles. The summed E-state index contributed by atoms with van der Waals surface area (Å²) in [5, 5.41) is 4.41. The van der Waals surface area contributed by atoms with Gasteiger partial charge in [0.25, 0.3) is 0 Å². The van der Waals surface area contributed by atoms with E-state index in [4.69, 9.17) is 11.6 Å². The molecule has 0 bridgehead atoms. The third kappa shape index (κ3) is 3.23. The number of fused-ring (bicyclic) bond motifs is 1. The minimum absolute atomic E-state index is 0.0663. The molecule has 1 aromatic carbocycles. The van der Waals surface area contributed by atoms with Crippen molar-refractivity contribution in [2.75, 3.05) is 7.05 Å². The number of benzene rings is 1. The van der Waals surface area contributed by atoms with Crippen molar-refractivity contribution < 1.29 is 4.79 Å². The number of amides is 1. The van der Waals surface area contributed by atoms with Crippen LogP contribution in [0.5, 0.6) is 0 Å². The third-order valence-electron chi connectivity index (χ3n) is 3.80. The lowest BCUT2D eigenvalue weighted by molar-refractivity contribution is -0.122. The first-order chi connectivity index (χ1) is 10.7. The Labute approximate surface area is 139 Å². The first-order valence-corrected chi connectivity index (χ1v) is 8.51. The molecule has 3 nitrogen and oxygen atoms in total. The van der Waals surface area contributed by atoms with Crippen LogP contribution < -0.4 is 5.32 Å². The number of aryl methyl sites for hydroxylation is 1. The Hall–Kier alpha value is -1.65. The number of likely N-dealkylation sites (N-methyl/N-ethyl adjacent to an activating group) is 1. The standard InChI is InChI=1S/C17H17ClN2OS/c1-19-17(21)13-6-3-7-14-16(13)20-15(22-14)9-8-11-4-2-5-12(18)10-11/h2,4-5,8-10,13H,3,6-7H2,1H3,(H,19,21). The first kappa shape index (κ1) is 15.3. The van der Waals surface area contributed by atoms with E-state index in [9.17, 15) is 4.79 Å². The van der Waals surface area contributed by atoms with Crippen LogP contribution in [0.1, 0.15) is 39.9 Å². The molecular formula is C17H17ClN2OS. The Morgan fingerprint density at radius 2 is 2.32 bits per heavy atom. The summed E-state index contributed by atoms with van der Waals surface area (Å²) in [5.74, 6) is -0.0325. The molecule has 1 atom stereocenters. The van der Waals surface area contributed by atoms with Crippen LogP contribution in [-0.2, 0) is 11.2 Å². The van der Waals surface area contributed by atoms with E-state index in [2.05, 4.69) is 10.3 Å². The molecule has 22 heavy (non-hydrogen) atoms. The lowest BCUT2D eigenvalue weighted by atomic mass is 9.90. The molecule has 0 radical (unpaired) electrons. The maximum absolute atomic E-state index is 12.0. The van der Waals surface area contributed by atoms with Gasteiger partial charge in [0.1, 0.15) is 5.01 Å². The Bertz CT molecular complexity index is 723. The second-order valence-electron chi connectivity index (χ2n) is 5.31. The fourth-order valence-corrected chi connectivity index (χ4v) is 3.99. The van der Waals surface area contributed by atoms with Crippen molar-refractivity contribution in [2.24, 2.45) is 0 Å². The SMILES string of the molecule is CNC(=O)C1CCCc2sc(C=Cc3cccc(Cl)c3)nc21. The summed E-state index contributed by atoms with van der Waals surface area (Å²) in [6, 6.07) is 7.70. The zero-order valence-corrected chi connectivity index (χ0v) is 13.9. The summed E-state index contributed by atoms with van der Waals surface area (Å²) >= 11 is 7.67. The maximum atomic E-state index is 12.0. The molecule has 1 unspecified atom stereocenters. The van der Waals surface area contributed by atoms with Crippen LogP contribution in [0.25, 0.3) is 12.2 Å². The molecule has 0 fully saturated rings. The number of aromatic nitrogens is 1. The van der Waals surface area contributed by atoms with Gasteiger partial charge in [0.05, 0.1) is 11.6 Å². The average Bonchev–Trinajstić information content (AvgIpc) is 2.95. The summed E-state index contributed by atoms with van der Waals surface area (Å²) < 4.78 is 0. The van der Waals surface area contributed by atoms with Crippen LogP contribution in [0.15, 0.2) is 24.3 Å². The van der Waals surface area contributed by atoms with Gasteiger partial charge in [-0.3, -0.25) is 4.79 Å². The van der Waals surface area contributed by atoms with Gasteiger partial charge in [-0.05, 0) is 43.0 Å². The molecule has 3 rings (SSSR count). The highest BCUT2D eigenvalue weighted by molar-refractivity contribution is 7.12. The summed E-state index contributed by atoms with van der Waals surface area (Å²) in [6.45, 7) is 0. The van der Waals surface area contributed by atoms with Gasteiger partial charge in [-0.2, -0.15) is 0 Å². The molecule has 1 amide bonds. The number of nitrogens with one attached hydrogen (secondary N) is 1. The molecule has 0 saturated heterocycles. The van der Waals surface area contributed by atoms with Crippen molar-refractivity contribution in [2.45, 2.75) is 25.2 Å². The van der Waals surface area contributed by atoms with Gasteiger partial charge in [-0.15, -0.1) is 11.3 Å². The highest BCUT2D eigenvalue weighted by atomic mass is 35.5. The van der Waals surface area contributed by atoms with E-state index in [1.54, 1.807) is 18.4 Å². The van der Waals surface area contributed by atoms with E-state index < -0.39 is 0 Å². The number of halogens is 1. The molecule has 1 aliphatic carbocycles. The lowest BCUT2D eigenvalue weighted by Gasteiger charge is -2.19. The second kappa shape index (κ2) is 6.63. The molecule has 1 aliphatic rings. The Kier molecular flexibility index (Phi) is 4.60. The normalized spacial score (nSPS) is 17.5. The largest absolute Gasteiger partial charge is 0.359 e. The lowest BCUT2D eigenvalue weighted by Crippen LogP contribution is -2.28. The molecule has 0 spiro atoms. The quantitative estimate of drug-likeness (QED) is 0.918. The zero-order chi connectivity index (χ0) is 15.5. The van der Waals surface area contributed by atoms with Gasteiger partial charge in [0.15, 0.2) is 0 Å². The topological polar surface area (TPSA) is 42.0 Å². The van der Waals surface area contributed by atoms with Crippen LogP contribution >= 0.6 is 22.9 Å². The van der Waals surface area contributed by atoms with Gasteiger partial charge in [-0.1, -0.05) is 29.8 Å². The fourth-order valence-electron chi connectivity index (χ4n) is 2.72. The minimum atomic E-state index is -0.0988. The van der Waals surface area contributed by atoms with Gasteiger partial charge >= 0.3 is 0 Å².